The van der Waals surface area contributed by atoms with Crippen LogP contribution in [-0.4, -0.2) is 9.52 Å². The molecule has 56 heavy (non-hydrogen) atoms. The van der Waals surface area contributed by atoms with Crippen molar-refractivity contribution >= 4 is 48.1 Å². The molecule has 0 saturated heterocycles. The van der Waals surface area contributed by atoms with E-state index >= 15 is 0 Å². The normalized spacial score (nSPS) is 11.0. The number of halogens is 2. The number of hydrogen-bond donors (Lipinski definition) is 0. The molecule has 282 valence electrons. The zero-order valence-corrected chi connectivity index (χ0v) is 38.9. The fourth-order valence-electron chi connectivity index (χ4n) is 7.24. The topological polar surface area (TPSA) is 0 Å². The zero-order chi connectivity index (χ0) is 40.3. The van der Waals surface area contributed by atoms with Gasteiger partial charge in [-0.1, -0.05) is 199 Å². The van der Waals surface area contributed by atoms with Crippen molar-refractivity contribution in [1.29, 1.82) is 0 Å². The van der Waals surface area contributed by atoms with Crippen LogP contribution in [0.15, 0.2) is 170 Å². The van der Waals surface area contributed by atoms with Crippen molar-refractivity contribution in [2.45, 2.75) is 65.5 Å². The second-order valence-corrected chi connectivity index (χ2v) is 20.7. The molecule has 0 aromatic heterocycles. The summed E-state index contributed by atoms with van der Waals surface area (Å²) < 4.78 is 0. The predicted molar refractivity (Wildman–Crippen MR) is 247 cm³/mol. The second kappa shape index (κ2) is 20.1. The number of hydrogen-bond acceptors (Lipinski definition) is 0. The van der Waals surface area contributed by atoms with E-state index < -0.39 is 20.8 Å². The van der Waals surface area contributed by atoms with E-state index in [2.05, 4.69) is 224 Å². The Hall–Kier alpha value is -3.78. The molecule has 0 atom stereocenters. The Bertz CT molecular complexity index is 2220. The standard InChI is InChI=1S/2C25H23.C2H6Si.2ClH.Zr/c2*1-25(2,3)23-15-14-20-16-21(18-10-6-4-7-11-18)17-22(20)24(23)19-12-8-5-9-13-19;1-3-2;;;/h2*4-17H,1-3H3;1-2H3;2*1H;/q2*-1;;;;+4/p-2. The van der Waals surface area contributed by atoms with E-state index in [1.807, 2.05) is 0 Å². The van der Waals surface area contributed by atoms with Gasteiger partial charge >= 0.3 is 37.9 Å². The maximum absolute atomic E-state index is 4.93. The van der Waals surface area contributed by atoms with Crippen molar-refractivity contribution < 1.29 is 20.8 Å². The van der Waals surface area contributed by atoms with Crippen molar-refractivity contribution in [2.75, 3.05) is 0 Å². The first-order valence-electron chi connectivity index (χ1n) is 19.2. The molecular weight excluding hydrogens is 815 g/mol. The van der Waals surface area contributed by atoms with Crippen LogP contribution in [-0.2, 0) is 31.7 Å². The Morgan fingerprint density at radius 1 is 0.429 bits per heavy atom. The molecular formula is C52H52Cl2SiZr. The Morgan fingerprint density at radius 3 is 0.964 bits per heavy atom. The van der Waals surface area contributed by atoms with E-state index in [0.717, 1.165) is 9.52 Å². The first-order chi connectivity index (χ1) is 26.9. The van der Waals surface area contributed by atoms with Crippen LogP contribution in [0.2, 0.25) is 13.1 Å². The predicted octanol–water partition coefficient (Wildman–Crippen LogP) is 16.5. The summed E-state index contributed by atoms with van der Waals surface area (Å²) in [6.45, 7) is 18.1. The van der Waals surface area contributed by atoms with Crippen LogP contribution < -0.4 is 0 Å². The number of fused-ring (bicyclic) bond motifs is 2. The molecule has 4 heteroatoms. The van der Waals surface area contributed by atoms with Crippen LogP contribution in [0.4, 0.5) is 0 Å². The van der Waals surface area contributed by atoms with E-state index in [1.54, 1.807) is 0 Å². The minimum absolute atomic E-state index is 0.101. The zero-order valence-electron chi connectivity index (χ0n) is 33.9. The van der Waals surface area contributed by atoms with Crippen LogP contribution in [0.25, 0.3) is 66.1 Å². The monoisotopic (exact) mass is 864 g/mol. The molecule has 2 radical (unpaired) electrons. The maximum atomic E-state index is 4.93. The summed E-state index contributed by atoms with van der Waals surface area (Å²) in [5, 5.41) is 5.31. The van der Waals surface area contributed by atoms with Crippen LogP contribution in [0, 0.1) is 0 Å². The summed E-state index contributed by atoms with van der Waals surface area (Å²) >= 11 is -0.826. The van der Waals surface area contributed by atoms with Gasteiger partial charge in [0.05, 0.1) is 0 Å². The van der Waals surface area contributed by atoms with Crippen LogP contribution in [0.3, 0.4) is 0 Å². The van der Waals surface area contributed by atoms with Gasteiger partial charge in [-0.3, -0.25) is 0 Å². The SMILES string of the molecule is CC(C)(C)c1ccc2[cH-]c(-c3ccccc3)cc2c1-c1ccccc1.CC(C)(C)c1ccc2[cH-]c(-c3ccccc3)cc2c1-c1ccccc1.C[Si]C.[Cl][Zr+2][Cl]. The van der Waals surface area contributed by atoms with E-state index in [1.165, 1.54) is 77.2 Å². The molecule has 0 fully saturated rings. The minimum atomic E-state index is -0.826. The van der Waals surface area contributed by atoms with Gasteiger partial charge in [0.2, 0.25) is 0 Å². The van der Waals surface area contributed by atoms with Gasteiger partial charge in [0, 0.05) is 9.52 Å². The quantitative estimate of drug-likeness (QED) is 0.122. The first kappa shape index (κ1) is 43.3. The van der Waals surface area contributed by atoms with Crippen molar-refractivity contribution in [1.82, 2.24) is 0 Å². The van der Waals surface area contributed by atoms with Crippen molar-refractivity contribution in [3.63, 3.8) is 0 Å². The first-order valence-corrected chi connectivity index (χ1v) is 27.5. The van der Waals surface area contributed by atoms with Gasteiger partial charge in [0.15, 0.2) is 0 Å². The third-order valence-electron chi connectivity index (χ3n) is 9.74. The Labute approximate surface area is 357 Å². The van der Waals surface area contributed by atoms with Gasteiger partial charge in [-0.25, -0.2) is 0 Å². The Morgan fingerprint density at radius 2 is 0.696 bits per heavy atom. The van der Waals surface area contributed by atoms with Crippen LogP contribution >= 0.6 is 17.0 Å². The summed E-state index contributed by atoms with van der Waals surface area (Å²) in [4.78, 5) is 0. The fourth-order valence-corrected chi connectivity index (χ4v) is 7.24. The Balaban J connectivity index is 0.000000188. The van der Waals surface area contributed by atoms with Crippen LogP contribution in [0.5, 0.6) is 0 Å². The van der Waals surface area contributed by atoms with E-state index in [-0.39, 0.29) is 10.8 Å². The number of rotatable bonds is 4. The molecule has 0 aliphatic rings. The Kier molecular flexibility index (Phi) is 15.5. The van der Waals surface area contributed by atoms with E-state index in [4.69, 9.17) is 17.0 Å². The molecule has 0 heterocycles. The summed E-state index contributed by atoms with van der Waals surface area (Å²) in [6, 6.07) is 61.3. The second-order valence-electron chi connectivity index (χ2n) is 16.0. The molecule has 0 bridgehead atoms. The molecule has 0 saturated carbocycles. The molecule has 0 unspecified atom stereocenters. The molecule has 0 N–H and O–H groups in total. The fraction of sp³-hybridized carbons (Fsp3) is 0.192. The van der Waals surface area contributed by atoms with Crippen molar-refractivity contribution in [2.24, 2.45) is 0 Å². The van der Waals surface area contributed by atoms with Gasteiger partial charge in [-0.05, 0) is 44.2 Å². The summed E-state index contributed by atoms with van der Waals surface area (Å²) in [7, 11) is 11.0. The van der Waals surface area contributed by atoms with Gasteiger partial charge in [0.1, 0.15) is 0 Å². The summed E-state index contributed by atoms with van der Waals surface area (Å²) in [5.41, 5.74) is 13.5. The van der Waals surface area contributed by atoms with Crippen molar-refractivity contribution in [3.05, 3.63) is 181 Å². The average Bonchev–Trinajstić information content (AvgIpc) is 3.84. The van der Waals surface area contributed by atoms with Crippen LogP contribution in [0.1, 0.15) is 52.7 Å². The van der Waals surface area contributed by atoms with E-state index in [9.17, 15) is 0 Å². The van der Waals surface area contributed by atoms with Gasteiger partial charge in [0.25, 0.3) is 0 Å². The molecule has 0 nitrogen and oxygen atoms in total. The molecule has 0 amide bonds. The van der Waals surface area contributed by atoms with Gasteiger partial charge in [-0.2, -0.15) is 0 Å². The van der Waals surface area contributed by atoms with Crippen molar-refractivity contribution in [3.8, 4) is 44.5 Å². The molecule has 0 aliphatic carbocycles. The third-order valence-corrected chi connectivity index (χ3v) is 9.74. The average molecular weight is 867 g/mol. The van der Waals surface area contributed by atoms with Gasteiger partial charge in [-0.15, -0.1) is 69.1 Å². The molecule has 0 aliphatic heterocycles. The van der Waals surface area contributed by atoms with Gasteiger partial charge < -0.3 is 0 Å². The molecule has 8 aromatic carbocycles. The summed E-state index contributed by atoms with van der Waals surface area (Å²) in [6.07, 6.45) is 0. The third kappa shape index (κ3) is 10.8. The number of benzene rings is 6. The summed E-state index contributed by atoms with van der Waals surface area (Å²) in [5.74, 6) is 0. The molecule has 8 rings (SSSR count). The van der Waals surface area contributed by atoms with E-state index in [0.29, 0.717) is 0 Å². The molecule has 8 aromatic rings. The molecule has 0 spiro atoms.